The number of halogens is 3. The topological polar surface area (TPSA) is 92.8 Å². The highest BCUT2D eigenvalue weighted by Crippen LogP contribution is 2.27. The molecule has 5 aromatic rings. The van der Waals surface area contributed by atoms with Crippen LogP contribution in [0.15, 0.2) is 79.3 Å². The Morgan fingerprint density at radius 1 is 1.05 bits per heavy atom. The minimum absolute atomic E-state index is 0.177. The van der Waals surface area contributed by atoms with Crippen molar-refractivity contribution in [3.8, 4) is 17.0 Å². The molecular formula is C27H20F3N5O2. The number of aryl methyl sites for hydroxylation is 1. The zero-order valence-electron chi connectivity index (χ0n) is 19.5. The molecule has 0 bridgehead atoms. The Labute approximate surface area is 209 Å². The number of rotatable bonds is 6. The number of anilines is 1. The molecule has 37 heavy (non-hydrogen) atoms. The highest BCUT2D eigenvalue weighted by Gasteiger charge is 2.31. The van der Waals surface area contributed by atoms with Gasteiger partial charge in [-0.15, -0.1) is 13.2 Å². The van der Waals surface area contributed by atoms with Crippen molar-refractivity contribution in [3.63, 3.8) is 0 Å². The van der Waals surface area contributed by atoms with Gasteiger partial charge in [0, 0.05) is 47.9 Å². The number of hydrogen-bond donors (Lipinski definition) is 2. The predicted octanol–water partition coefficient (Wildman–Crippen LogP) is 6.07. The Hall–Kier alpha value is -4.73. The van der Waals surface area contributed by atoms with Crippen LogP contribution in [0.25, 0.3) is 22.3 Å². The number of carbonyl (C=O) groups is 1. The van der Waals surface area contributed by atoms with Gasteiger partial charge in [-0.1, -0.05) is 12.1 Å². The molecule has 0 aliphatic carbocycles. The summed E-state index contributed by atoms with van der Waals surface area (Å²) < 4.78 is 41.5. The lowest BCUT2D eigenvalue weighted by atomic mass is 10.0. The number of fused-ring (bicyclic) bond motifs is 1. The number of pyridine rings is 1. The third-order valence-electron chi connectivity index (χ3n) is 5.67. The summed E-state index contributed by atoms with van der Waals surface area (Å²) in [4.78, 5) is 29.7. The monoisotopic (exact) mass is 503 g/mol. The minimum Gasteiger partial charge on any atom is -0.406 e. The van der Waals surface area contributed by atoms with Gasteiger partial charge in [0.15, 0.2) is 0 Å². The quantitative estimate of drug-likeness (QED) is 0.293. The first-order valence-electron chi connectivity index (χ1n) is 11.3. The van der Waals surface area contributed by atoms with Crippen LogP contribution in [-0.2, 0) is 6.42 Å². The van der Waals surface area contributed by atoms with E-state index in [0.717, 1.165) is 45.6 Å². The minimum atomic E-state index is -4.82. The molecule has 2 aromatic carbocycles. The van der Waals surface area contributed by atoms with Crippen molar-refractivity contribution in [2.45, 2.75) is 19.7 Å². The number of carbonyl (C=O) groups excluding carboxylic acids is 1. The number of amides is 1. The number of benzene rings is 2. The van der Waals surface area contributed by atoms with E-state index in [1.807, 2.05) is 31.2 Å². The second-order valence-electron chi connectivity index (χ2n) is 8.32. The van der Waals surface area contributed by atoms with Gasteiger partial charge in [0.1, 0.15) is 11.6 Å². The fourth-order valence-corrected chi connectivity index (χ4v) is 3.93. The molecule has 186 valence electrons. The van der Waals surface area contributed by atoms with Crippen molar-refractivity contribution in [2.24, 2.45) is 0 Å². The Bertz CT molecular complexity index is 1580. The van der Waals surface area contributed by atoms with Crippen molar-refractivity contribution >= 4 is 22.6 Å². The maximum absolute atomic E-state index is 12.9. The molecule has 3 heterocycles. The van der Waals surface area contributed by atoms with Gasteiger partial charge in [-0.3, -0.25) is 9.78 Å². The van der Waals surface area contributed by atoms with Crippen LogP contribution in [0.1, 0.15) is 27.3 Å². The fraction of sp³-hybridized carbons (Fsp3) is 0.111. The van der Waals surface area contributed by atoms with Crippen molar-refractivity contribution < 1.29 is 22.7 Å². The van der Waals surface area contributed by atoms with E-state index in [-0.39, 0.29) is 5.69 Å². The summed E-state index contributed by atoms with van der Waals surface area (Å²) in [5, 5.41) is 2.62. The van der Waals surface area contributed by atoms with Crippen LogP contribution in [0, 0.1) is 6.92 Å². The third-order valence-corrected chi connectivity index (χ3v) is 5.67. The van der Waals surface area contributed by atoms with E-state index in [0.29, 0.717) is 17.8 Å². The van der Waals surface area contributed by atoms with Crippen LogP contribution in [0.2, 0.25) is 0 Å². The molecule has 0 unspecified atom stereocenters. The zero-order valence-corrected chi connectivity index (χ0v) is 19.5. The smallest absolute Gasteiger partial charge is 0.406 e. The van der Waals surface area contributed by atoms with Crippen LogP contribution < -0.4 is 10.1 Å². The van der Waals surface area contributed by atoms with Gasteiger partial charge in [0.05, 0.1) is 16.7 Å². The first kappa shape index (κ1) is 24.0. The third kappa shape index (κ3) is 5.58. The lowest BCUT2D eigenvalue weighted by Crippen LogP contribution is -2.17. The van der Waals surface area contributed by atoms with Crippen LogP contribution in [0.5, 0.6) is 5.75 Å². The molecule has 5 rings (SSSR count). The number of hydrogen-bond acceptors (Lipinski definition) is 5. The summed E-state index contributed by atoms with van der Waals surface area (Å²) >= 11 is 0. The molecule has 10 heteroatoms. The maximum Gasteiger partial charge on any atom is 0.573 e. The van der Waals surface area contributed by atoms with Gasteiger partial charge < -0.3 is 15.0 Å². The van der Waals surface area contributed by atoms with Crippen LogP contribution >= 0.6 is 0 Å². The van der Waals surface area contributed by atoms with Gasteiger partial charge in [-0.25, -0.2) is 9.97 Å². The SMILES string of the molecule is Cc1ccc(C(=O)Nc2cccc(OC(F)(F)F)c2)cc1Cc1nc(-c2cccnc2)c2[nH]ccc2n1. The molecule has 0 saturated carbocycles. The molecule has 0 fully saturated rings. The lowest BCUT2D eigenvalue weighted by molar-refractivity contribution is -0.274. The van der Waals surface area contributed by atoms with E-state index >= 15 is 0 Å². The van der Waals surface area contributed by atoms with Crippen LogP contribution in [-0.4, -0.2) is 32.2 Å². The second-order valence-corrected chi connectivity index (χ2v) is 8.32. The lowest BCUT2D eigenvalue weighted by Gasteiger charge is -2.12. The number of nitrogens with zero attached hydrogens (tertiary/aromatic N) is 3. The summed E-state index contributed by atoms with van der Waals surface area (Å²) in [5.74, 6) is -0.316. The summed E-state index contributed by atoms with van der Waals surface area (Å²) in [5.41, 5.74) is 5.45. The molecule has 0 atom stereocenters. The molecule has 0 spiro atoms. The molecule has 2 N–H and O–H groups in total. The van der Waals surface area contributed by atoms with E-state index in [4.69, 9.17) is 4.98 Å². The predicted molar refractivity (Wildman–Crippen MR) is 132 cm³/mol. The number of nitrogens with one attached hydrogen (secondary N) is 2. The molecule has 1 amide bonds. The number of aromatic amines is 1. The molecule has 0 aliphatic heterocycles. The molecule has 0 radical (unpaired) electrons. The highest BCUT2D eigenvalue weighted by atomic mass is 19.4. The highest BCUT2D eigenvalue weighted by molar-refractivity contribution is 6.04. The average molecular weight is 503 g/mol. The molecule has 0 saturated heterocycles. The van der Waals surface area contributed by atoms with Gasteiger partial charge in [-0.2, -0.15) is 0 Å². The Balaban J connectivity index is 1.40. The van der Waals surface area contributed by atoms with Crippen molar-refractivity contribution in [3.05, 3.63) is 102 Å². The van der Waals surface area contributed by atoms with Gasteiger partial charge >= 0.3 is 6.36 Å². The maximum atomic E-state index is 12.9. The van der Waals surface area contributed by atoms with Crippen LogP contribution in [0.3, 0.4) is 0 Å². The number of ether oxygens (including phenoxy) is 1. The molecule has 7 nitrogen and oxygen atoms in total. The van der Waals surface area contributed by atoms with Crippen molar-refractivity contribution in [2.75, 3.05) is 5.32 Å². The van der Waals surface area contributed by atoms with E-state index < -0.39 is 18.0 Å². The molecular weight excluding hydrogens is 483 g/mol. The standard InChI is InChI=1S/C27H20F3N5O2/c1-16-7-8-17(26(36)33-20-5-2-6-21(14-20)37-27(28,29)30)12-19(16)13-23-34-22-9-11-32-25(22)24(35-23)18-4-3-10-31-15-18/h2-12,14-15,32H,13H2,1H3,(H,33,36). The molecule has 3 aromatic heterocycles. The Kier molecular flexibility index (Phi) is 6.31. The van der Waals surface area contributed by atoms with E-state index in [2.05, 4.69) is 25.0 Å². The Morgan fingerprint density at radius 3 is 2.70 bits per heavy atom. The number of H-pyrrole nitrogens is 1. The normalized spacial score (nSPS) is 11.5. The first-order valence-corrected chi connectivity index (χ1v) is 11.3. The number of alkyl halides is 3. The van der Waals surface area contributed by atoms with Crippen molar-refractivity contribution in [1.82, 2.24) is 19.9 Å². The van der Waals surface area contributed by atoms with E-state index in [1.54, 1.807) is 30.7 Å². The summed E-state index contributed by atoms with van der Waals surface area (Å²) in [6.45, 7) is 1.92. The first-order chi connectivity index (χ1) is 17.7. The number of aromatic nitrogens is 4. The van der Waals surface area contributed by atoms with Crippen LogP contribution in [0.4, 0.5) is 18.9 Å². The summed E-state index contributed by atoms with van der Waals surface area (Å²) in [6.07, 6.45) is 0.773. The average Bonchev–Trinajstić information content (AvgIpc) is 3.33. The van der Waals surface area contributed by atoms with E-state index in [1.165, 1.54) is 12.1 Å². The summed E-state index contributed by atoms with van der Waals surface area (Å²) in [7, 11) is 0. The van der Waals surface area contributed by atoms with Crippen molar-refractivity contribution in [1.29, 1.82) is 0 Å². The van der Waals surface area contributed by atoms with Gasteiger partial charge in [-0.05, 0) is 60.5 Å². The largest absolute Gasteiger partial charge is 0.573 e. The zero-order chi connectivity index (χ0) is 26.0. The van der Waals surface area contributed by atoms with Gasteiger partial charge in [0.2, 0.25) is 0 Å². The summed E-state index contributed by atoms with van der Waals surface area (Å²) in [6, 6.07) is 15.9. The fourth-order valence-electron chi connectivity index (χ4n) is 3.93. The second kappa shape index (κ2) is 9.73. The van der Waals surface area contributed by atoms with Gasteiger partial charge in [0.25, 0.3) is 5.91 Å². The van der Waals surface area contributed by atoms with E-state index in [9.17, 15) is 18.0 Å². The Morgan fingerprint density at radius 2 is 1.92 bits per heavy atom. The molecule has 0 aliphatic rings.